The Kier molecular flexibility index (Phi) is 5.75. The van der Waals surface area contributed by atoms with Crippen molar-refractivity contribution in [2.75, 3.05) is 5.32 Å². The fourth-order valence-electron chi connectivity index (χ4n) is 1.79. The molecule has 0 saturated heterocycles. The molecule has 0 radical (unpaired) electrons. The number of hydrogen-bond donors (Lipinski definition) is 3. The van der Waals surface area contributed by atoms with Crippen molar-refractivity contribution in [3.05, 3.63) is 70.0 Å². The van der Waals surface area contributed by atoms with Gasteiger partial charge in [-0.1, -0.05) is 12.1 Å². The van der Waals surface area contributed by atoms with Crippen LogP contribution in [-0.2, 0) is 4.79 Å². The zero-order valence-corrected chi connectivity index (χ0v) is 13.4. The van der Waals surface area contributed by atoms with Gasteiger partial charge >= 0.3 is 0 Å². The molecule has 128 valence electrons. The molecular formula is C16H12FN3O4S. The van der Waals surface area contributed by atoms with Crippen LogP contribution in [0.3, 0.4) is 0 Å². The van der Waals surface area contributed by atoms with Crippen molar-refractivity contribution in [2.45, 2.75) is 0 Å². The summed E-state index contributed by atoms with van der Waals surface area (Å²) in [7, 11) is 0. The molecule has 3 N–H and O–H groups in total. The summed E-state index contributed by atoms with van der Waals surface area (Å²) < 4.78 is 12.8. The molecule has 7 nitrogen and oxygen atoms in total. The lowest BCUT2D eigenvalue weighted by atomic mass is 10.2. The monoisotopic (exact) mass is 361 g/mol. The number of rotatable bonds is 4. The number of phenols is 1. The number of nitrogens with one attached hydrogen (secondary N) is 2. The highest BCUT2D eigenvalue weighted by Crippen LogP contribution is 2.27. The highest BCUT2D eigenvalue weighted by atomic mass is 32.1. The Bertz CT molecular complexity index is 853. The highest BCUT2D eigenvalue weighted by molar-refractivity contribution is 7.80. The maximum Gasteiger partial charge on any atom is 0.271 e. The quantitative estimate of drug-likeness (QED) is 0.254. The summed E-state index contributed by atoms with van der Waals surface area (Å²) in [6.45, 7) is 0. The Hall–Kier alpha value is -3.33. The van der Waals surface area contributed by atoms with E-state index < -0.39 is 10.8 Å². The maximum absolute atomic E-state index is 12.8. The number of phenolic OH excluding ortho intramolecular Hbond substituents is 1. The van der Waals surface area contributed by atoms with Crippen LogP contribution in [0.2, 0.25) is 0 Å². The van der Waals surface area contributed by atoms with Gasteiger partial charge in [0.1, 0.15) is 11.6 Å². The van der Waals surface area contributed by atoms with Crippen LogP contribution in [0.1, 0.15) is 5.56 Å². The summed E-state index contributed by atoms with van der Waals surface area (Å²) in [6.07, 6.45) is 2.65. The van der Waals surface area contributed by atoms with Crippen LogP contribution in [0.4, 0.5) is 15.8 Å². The summed E-state index contributed by atoms with van der Waals surface area (Å²) in [5.74, 6) is -1.21. The van der Waals surface area contributed by atoms with E-state index >= 15 is 0 Å². The first-order valence-corrected chi connectivity index (χ1v) is 7.29. The molecule has 2 rings (SSSR count). The number of anilines is 1. The van der Waals surface area contributed by atoms with Crippen LogP contribution in [0.5, 0.6) is 5.75 Å². The number of aromatic hydroxyl groups is 1. The van der Waals surface area contributed by atoms with Gasteiger partial charge in [0, 0.05) is 18.2 Å². The smallest absolute Gasteiger partial charge is 0.271 e. The van der Waals surface area contributed by atoms with E-state index in [0.717, 1.165) is 18.2 Å². The standard InChI is InChI=1S/C16H12FN3O4S/c17-11-4-1-10(2-5-11)3-8-15(22)19-16(25)18-13-9-12(20(23)24)6-7-14(13)21/h1-9,21H,(H2,18,19,22,25). The molecule has 0 fully saturated rings. The first kappa shape index (κ1) is 18.0. The summed E-state index contributed by atoms with van der Waals surface area (Å²) >= 11 is 4.92. The molecule has 0 aliphatic carbocycles. The summed E-state index contributed by atoms with van der Waals surface area (Å²) in [5.41, 5.74) is 0.361. The molecule has 0 aromatic heterocycles. The van der Waals surface area contributed by atoms with E-state index in [9.17, 15) is 24.4 Å². The molecule has 0 aliphatic heterocycles. The Labute approximate surface area is 146 Å². The van der Waals surface area contributed by atoms with Gasteiger partial charge in [0.05, 0.1) is 10.6 Å². The molecular weight excluding hydrogens is 349 g/mol. The SMILES string of the molecule is O=C(C=Cc1ccc(F)cc1)NC(=S)Nc1cc([N+](=O)[O-])ccc1O. The Morgan fingerprint density at radius 1 is 1.24 bits per heavy atom. The van der Waals surface area contributed by atoms with Gasteiger partial charge in [0.15, 0.2) is 5.11 Å². The van der Waals surface area contributed by atoms with E-state index in [-0.39, 0.29) is 28.1 Å². The zero-order valence-electron chi connectivity index (χ0n) is 12.6. The molecule has 9 heteroatoms. The van der Waals surface area contributed by atoms with Gasteiger partial charge < -0.3 is 10.4 Å². The molecule has 0 heterocycles. The first-order chi connectivity index (χ1) is 11.8. The second-order valence-corrected chi connectivity index (χ2v) is 5.20. The van der Waals surface area contributed by atoms with E-state index in [1.165, 1.54) is 36.4 Å². The van der Waals surface area contributed by atoms with Crippen molar-refractivity contribution in [1.82, 2.24) is 5.32 Å². The Morgan fingerprint density at radius 2 is 1.92 bits per heavy atom. The molecule has 0 bridgehead atoms. The number of amides is 1. The molecule has 0 unspecified atom stereocenters. The van der Waals surface area contributed by atoms with Gasteiger partial charge in [0.25, 0.3) is 5.69 Å². The Balaban J connectivity index is 1.97. The van der Waals surface area contributed by atoms with Gasteiger partial charge in [-0.2, -0.15) is 0 Å². The minimum absolute atomic E-state index is 0.0120. The third kappa shape index (κ3) is 5.36. The molecule has 0 saturated carbocycles. The number of nitro groups is 1. The number of benzene rings is 2. The number of carbonyl (C=O) groups is 1. The fraction of sp³-hybridized carbons (Fsp3) is 0. The molecule has 1 amide bonds. The molecule has 2 aromatic carbocycles. The van der Waals surface area contributed by atoms with Crippen molar-refractivity contribution in [3.8, 4) is 5.75 Å². The number of halogens is 1. The van der Waals surface area contributed by atoms with Crippen molar-refractivity contribution in [3.63, 3.8) is 0 Å². The second kappa shape index (κ2) is 7.97. The summed E-state index contributed by atoms with van der Waals surface area (Å²) in [6, 6.07) is 8.87. The number of thiocarbonyl (C=S) groups is 1. The van der Waals surface area contributed by atoms with Gasteiger partial charge in [-0.15, -0.1) is 0 Å². The highest BCUT2D eigenvalue weighted by Gasteiger charge is 2.11. The van der Waals surface area contributed by atoms with Crippen molar-refractivity contribution >= 4 is 40.7 Å². The predicted octanol–water partition coefficient (Wildman–Crippen LogP) is 2.97. The number of nitrogens with zero attached hydrogens (tertiary/aromatic N) is 1. The predicted molar refractivity (Wildman–Crippen MR) is 94.6 cm³/mol. The lowest BCUT2D eigenvalue weighted by Crippen LogP contribution is -2.32. The van der Waals surface area contributed by atoms with Gasteiger partial charge in [-0.25, -0.2) is 4.39 Å². The van der Waals surface area contributed by atoms with E-state index in [2.05, 4.69) is 10.6 Å². The van der Waals surface area contributed by atoms with Crippen LogP contribution >= 0.6 is 12.2 Å². The van der Waals surface area contributed by atoms with Crippen LogP contribution in [0, 0.1) is 15.9 Å². The van der Waals surface area contributed by atoms with Gasteiger partial charge in [-0.05, 0) is 42.1 Å². The first-order valence-electron chi connectivity index (χ1n) is 6.88. The van der Waals surface area contributed by atoms with E-state index in [0.29, 0.717) is 5.56 Å². The van der Waals surface area contributed by atoms with Crippen molar-refractivity contribution in [2.24, 2.45) is 0 Å². The topological polar surface area (TPSA) is 104 Å². The van der Waals surface area contributed by atoms with Crippen molar-refractivity contribution < 1.29 is 19.2 Å². The second-order valence-electron chi connectivity index (χ2n) is 4.79. The number of carbonyl (C=O) groups excluding carboxylic acids is 1. The average molecular weight is 361 g/mol. The van der Waals surface area contributed by atoms with E-state index in [1.807, 2.05) is 0 Å². The zero-order chi connectivity index (χ0) is 18.4. The largest absolute Gasteiger partial charge is 0.506 e. The van der Waals surface area contributed by atoms with E-state index in [1.54, 1.807) is 0 Å². The minimum Gasteiger partial charge on any atom is -0.506 e. The minimum atomic E-state index is -0.627. The maximum atomic E-state index is 12.8. The van der Waals surface area contributed by atoms with Crippen LogP contribution in [-0.4, -0.2) is 21.0 Å². The summed E-state index contributed by atoms with van der Waals surface area (Å²) in [5, 5.41) is 25.1. The Morgan fingerprint density at radius 3 is 2.56 bits per heavy atom. The fourth-order valence-corrected chi connectivity index (χ4v) is 2.00. The lowest BCUT2D eigenvalue weighted by molar-refractivity contribution is -0.384. The third-order valence-electron chi connectivity index (χ3n) is 2.97. The van der Waals surface area contributed by atoms with Crippen LogP contribution in [0.15, 0.2) is 48.5 Å². The summed E-state index contributed by atoms with van der Waals surface area (Å²) in [4.78, 5) is 21.9. The molecule has 0 spiro atoms. The molecule has 0 atom stereocenters. The van der Waals surface area contributed by atoms with Gasteiger partial charge in [-0.3, -0.25) is 20.2 Å². The number of nitro benzene ring substituents is 1. The normalized spacial score (nSPS) is 10.4. The average Bonchev–Trinajstić information content (AvgIpc) is 2.56. The molecule has 25 heavy (non-hydrogen) atoms. The number of hydrogen-bond acceptors (Lipinski definition) is 5. The van der Waals surface area contributed by atoms with Crippen LogP contribution < -0.4 is 10.6 Å². The van der Waals surface area contributed by atoms with Crippen LogP contribution in [0.25, 0.3) is 6.08 Å². The molecule has 0 aliphatic rings. The number of non-ortho nitro benzene ring substituents is 1. The van der Waals surface area contributed by atoms with Crippen molar-refractivity contribution in [1.29, 1.82) is 0 Å². The molecule has 2 aromatic rings. The third-order valence-corrected chi connectivity index (χ3v) is 3.18. The van der Waals surface area contributed by atoms with E-state index in [4.69, 9.17) is 12.2 Å². The van der Waals surface area contributed by atoms with Gasteiger partial charge in [0.2, 0.25) is 5.91 Å². The lowest BCUT2D eigenvalue weighted by Gasteiger charge is -2.09.